The summed E-state index contributed by atoms with van der Waals surface area (Å²) in [4.78, 5) is 0. The molecule has 1 aromatic rings. The van der Waals surface area contributed by atoms with E-state index in [0.29, 0.717) is 6.42 Å². The van der Waals surface area contributed by atoms with Crippen LogP contribution in [0.1, 0.15) is 44.5 Å². The summed E-state index contributed by atoms with van der Waals surface area (Å²) in [6.45, 7) is 2.31. The Labute approximate surface area is 120 Å². The number of aliphatic hydroxyl groups is 2. The van der Waals surface area contributed by atoms with Crippen LogP contribution < -0.4 is 0 Å². The predicted molar refractivity (Wildman–Crippen MR) is 76.2 cm³/mol. The number of ether oxygens (including phenoxy) is 2. The van der Waals surface area contributed by atoms with Crippen molar-refractivity contribution in [2.75, 3.05) is 6.61 Å². The van der Waals surface area contributed by atoms with Crippen molar-refractivity contribution in [1.82, 2.24) is 0 Å². The van der Waals surface area contributed by atoms with Crippen LogP contribution in [0.15, 0.2) is 30.3 Å². The maximum Gasteiger partial charge on any atom is 0.184 e. The van der Waals surface area contributed by atoms with Crippen molar-refractivity contribution >= 4 is 0 Å². The summed E-state index contributed by atoms with van der Waals surface area (Å²) in [5.74, 6) is 0. The van der Waals surface area contributed by atoms with Gasteiger partial charge in [0, 0.05) is 5.56 Å². The van der Waals surface area contributed by atoms with Gasteiger partial charge in [0.15, 0.2) is 6.29 Å². The van der Waals surface area contributed by atoms with E-state index in [2.05, 4.69) is 6.92 Å². The van der Waals surface area contributed by atoms with Gasteiger partial charge in [-0.3, -0.25) is 0 Å². The van der Waals surface area contributed by atoms with Gasteiger partial charge in [-0.05, 0) is 6.42 Å². The van der Waals surface area contributed by atoms with Crippen molar-refractivity contribution in [2.24, 2.45) is 0 Å². The lowest BCUT2D eigenvalue weighted by atomic mass is 10.0. The maximum absolute atomic E-state index is 10.2. The second kappa shape index (κ2) is 7.74. The molecule has 4 nitrogen and oxygen atoms in total. The molecule has 0 amide bonds. The first kappa shape index (κ1) is 15.4. The Morgan fingerprint density at radius 1 is 1.25 bits per heavy atom. The largest absolute Gasteiger partial charge is 0.390 e. The van der Waals surface area contributed by atoms with E-state index in [1.807, 2.05) is 30.3 Å². The molecule has 0 bridgehead atoms. The van der Waals surface area contributed by atoms with Crippen LogP contribution in [-0.2, 0) is 9.47 Å². The van der Waals surface area contributed by atoms with Gasteiger partial charge >= 0.3 is 0 Å². The lowest BCUT2D eigenvalue weighted by Crippen LogP contribution is -2.47. The molecule has 4 heteroatoms. The second-order valence-corrected chi connectivity index (χ2v) is 5.31. The molecule has 1 heterocycles. The highest BCUT2D eigenvalue weighted by molar-refractivity contribution is 5.16. The zero-order valence-corrected chi connectivity index (χ0v) is 11.9. The van der Waals surface area contributed by atoms with E-state index in [-0.39, 0.29) is 6.61 Å². The minimum Gasteiger partial charge on any atom is -0.390 e. The molecule has 1 aliphatic rings. The molecule has 0 spiro atoms. The van der Waals surface area contributed by atoms with E-state index in [0.717, 1.165) is 24.8 Å². The predicted octanol–water partition coefficient (Wildman–Crippen LogP) is 2.40. The Hall–Kier alpha value is -0.940. The van der Waals surface area contributed by atoms with Crippen molar-refractivity contribution in [2.45, 2.75) is 57.2 Å². The standard InChI is InChI=1S/C16H24O4/c1-2-3-5-10-13(17)15-14(18)11-19-16(20-15)12-8-6-4-7-9-12/h4,6-9,13-18H,2-3,5,10-11H2,1H3/t13-,14-,15-,16+/m1/s1. The van der Waals surface area contributed by atoms with Gasteiger partial charge in [-0.15, -0.1) is 0 Å². The van der Waals surface area contributed by atoms with Crippen molar-refractivity contribution in [3.63, 3.8) is 0 Å². The summed E-state index contributed by atoms with van der Waals surface area (Å²) in [7, 11) is 0. The van der Waals surface area contributed by atoms with Gasteiger partial charge < -0.3 is 19.7 Å². The number of aliphatic hydroxyl groups excluding tert-OH is 2. The van der Waals surface area contributed by atoms with Crippen LogP contribution in [0, 0.1) is 0 Å². The van der Waals surface area contributed by atoms with E-state index in [1.54, 1.807) is 0 Å². The van der Waals surface area contributed by atoms with Gasteiger partial charge in [-0.25, -0.2) is 0 Å². The van der Waals surface area contributed by atoms with E-state index in [1.165, 1.54) is 0 Å². The summed E-state index contributed by atoms with van der Waals surface area (Å²) < 4.78 is 11.3. The summed E-state index contributed by atoms with van der Waals surface area (Å²) >= 11 is 0. The smallest absolute Gasteiger partial charge is 0.184 e. The van der Waals surface area contributed by atoms with Crippen LogP contribution in [-0.4, -0.2) is 35.1 Å². The third-order valence-corrected chi connectivity index (χ3v) is 3.63. The topological polar surface area (TPSA) is 58.9 Å². The quantitative estimate of drug-likeness (QED) is 0.786. The first-order valence-corrected chi connectivity index (χ1v) is 7.40. The van der Waals surface area contributed by atoms with Gasteiger partial charge in [-0.1, -0.05) is 56.5 Å². The third kappa shape index (κ3) is 4.03. The molecular formula is C16H24O4. The average molecular weight is 280 g/mol. The molecule has 112 valence electrons. The van der Waals surface area contributed by atoms with Crippen molar-refractivity contribution in [3.05, 3.63) is 35.9 Å². The lowest BCUT2D eigenvalue weighted by Gasteiger charge is -2.36. The first-order valence-electron chi connectivity index (χ1n) is 7.40. The number of unbranched alkanes of at least 4 members (excludes halogenated alkanes) is 2. The fourth-order valence-corrected chi connectivity index (χ4v) is 2.45. The molecule has 2 N–H and O–H groups in total. The van der Waals surface area contributed by atoms with Crippen molar-refractivity contribution < 1.29 is 19.7 Å². The van der Waals surface area contributed by atoms with Crippen LogP contribution in [0.2, 0.25) is 0 Å². The highest BCUT2D eigenvalue weighted by Gasteiger charge is 2.35. The number of benzene rings is 1. The van der Waals surface area contributed by atoms with Crippen LogP contribution >= 0.6 is 0 Å². The van der Waals surface area contributed by atoms with E-state index in [9.17, 15) is 10.2 Å². The zero-order chi connectivity index (χ0) is 14.4. The Morgan fingerprint density at radius 3 is 2.70 bits per heavy atom. The minimum atomic E-state index is -0.772. The van der Waals surface area contributed by atoms with E-state index in [4.69, 9.17) is 9.47 Å². The Balaban J connectivity index is 1.94. The highest BCUT2D eigenvalue weighted by atomic mass is 16.7. The summed E-state index contributed by atoms with van der Waals surface area (Å²) in [5, 5.41) is 20.1. The SMILES string of the molecule is CCCCC[C@@H](O)[C@H]1O[C@@H](c2ccccc2)OC[C@H]1O. The number of hydrogen-bond donors (Lipinski definition) is 2. The zero-order valence-electron chi connectivity index (χ0n) is 11.9. The normalized spacial score (nSPS) is 28.2. The monoisotopic (exact) mass is 280 g/mol. The molecular weight excluding hydrogens is 256 g/mol. The third-order valence-electron chi connectivity index (χ3n) is 3.63. The molecule has 0 saturated carbocycles. The van der Waals surface area contributed by atoms with Crippen LogP contribution in [0.5, 0.6) is 0 Å². The average Bonchev–Trinajstić information content (AvgIpc) is 2.49. The van der Waals surface area contributed by atoms with Gasteiger partial charge in [-0.2, -0.15) is 0 Å². The molecule has 0 radical (unpaired) electrons. The highest BCUT2D eigenvalue weighted by Crippen LogP contribution is 2.28. The van der Waals surface area contributed by atoms with Crippen molar-refractivity contribution in [1.29, 1.82) is 0 Å². The molecule has 0 aliphatic carbocycles. The molecule has 1 fully saturated rings. The summed E-state index contributed by atoms with van der Waals surface area (Å²) in [6.07, 6.45) is 1.28. The Morgan fingerprint density at radius 2 is 2.00 bits per heavy atom. The Bertz CT molecular complexity index is 381. The minimum absolute atomic E-state index is 0.190. The van der Waals surface area contributed by atoms with Gasteiger partial charge in [0.2, 0.25) is 0 Å². The number of rotatable bonds is 6. The Kier molecular flexibility index (Phi) is 5.98. The summed E-state index contributed by atoms with van der Waals surface area (Å²) in [5.41, 5.74) is 0.908. The first-order chi connectivity index (χ1) is 9.72. The molecule has 1 saturated heterocycles. The molecule has 2 rings (SSSR count). The molecule has 1 aliphatic heterocycles. The van der Waals surface area contributed by atoms with Crippen LogP contribution in [0.4, 0.5) is 0 Å². The molecule has 4 atom stereocenters. The van der Waals surface area contributed by atoms with Crippen molar-refractivity contribution in [3.8, 4) is 0 Å². The molecule has 0 aromatic heterocycles. The van der Waals surface area contributed by atoms with Crippen LogP contribution in [0.25, 0.3) is 0 Å². The molecule has 20 heavy (non-hydrogen) atoms. The van der Waals surface area contributed by atoms with E-state index < -0.39 is 24.6 Å². The summed E-state index contributed by atoms with van der Waals surface area (Å²) in [6, 6.07) is 9.60. The lowest BCUT2D eigenvalue weighted by molar-refractivity contribution is -0.276. The fourth-order valence-electron chi connectivity index (χ4n) is 2.45. The fraction of sp³-hybridized carbons (Fsp3) is 0.625. The second-order valence-electron chi connectivity index (χ2n) is 5.31. The van der Waals surface area contributed by atoms with Gasteiger partial charge in [0.1, 0.15) is 12.2 Å². The molecule has 1 aromatic carbocycles. The van der Waals surface area contributed by atoms with Gasteiger partial charge in [0.25, 0.3) is 0 Å². The number of hydrogen-bond acceptors (Lipinski definition) is 4. The molecule has 0 unspecified atom stereocenters. The van der Waals surface area contributed by atoms with Crippen LogP contribution in [0.3, 0.4) is 0 Å². The van der Waals surface area contributed by atoms with Gasteiger partial charge in [0.05, 0.1) is 12.7 Å². The van der Waals surface area contributed by atoms with E-state index >= 15 is 0 Å². The maximum atomic E-state index is 10.2.